The molecule has 1 aliphatic heterocycles. The van der Waals surface area contributed by atoms with Gasteiger partial charge in [0.05, 0.1) is 12.6 Å². The summed E-state index contributed by atoms with van der Waals surface area (Å²) in [6.07, 6.45) is 0.762. The van der Waals surface area contributed by atoms with E-state index >= 15 is 0 Å². The lowest BCUT2D eigenvalue weighted by molar-refractivity contribution is -0.125. The molecule has 1 atom stereocenters. The van der Waals surface area contributed by atoms with Gasteiger partial charge in [-0.15, -0.1) is 0 Å². The van der Waals surface area contributed by atoms with Crippen molar-refractivity contribution in [3.63, 3.8) is 0 Å². The van der Waals surface area contributed by atoms with Gasteiger partial charge in [-0.05, 0) is 25.1 Å². The molecule has 1 N–H and O–H groups in total. The molecule has 5 heteroatoms. The van der Waals surface area contributed by atoms with E-state index in [1.54, 1.807) is 11.9 Å². The Hall–Kier alpha value is -1.88. The van der Waals surface area contributed by atoms with Crippen LogP contribution in [-0.4, -0.2) is 49.4 Å². The van der Waals surface area contributed by atoms with Crippen LogP contribution in [0.3, 0.4) is 0 Å². The monoisotopic (exact) mass is 275 g/mol. The minimum absolute atomic E-state index is 0.0576. The van der Waals surface area contributed by atoms with Crippen molar-refractivity contribution in [2.45, 2.75) is 19.4 Å². The number of carbonyl (C=O) groups is 2. The summed E-state index contributed by atoms with van der Waals surface area (Å²) in [7, 11) is 1.61. The molecule has 1 unspecified atom stereocenters. The smallest absolute Gasteiger partial charge is 0.244 e. The van der Waals surface area contributed by atoms with E-state index < -0.39 is 0 Å². The fourth-order valence-corrected chi connectivity index (χ4v) is 2.57. The zero-order valence-corrected chi connectivity index (χ0v) is 12.0. The number of nitrogens with one attached hydrogen (secondary N) is 1. The van der Waals surface area contributed by atoms with Gasteiger partial charge in [0.2, 0.25) is 11.8 Å². The van der Waals surface area contributed by atoms with Gasteiger partial charge in [0, 0.05) is 19.3 Å². The largest absolute Gasteiger partial charge is 0.358 e. The lowest BCUT2D eigenvalue weighted by Crippen LogP contribution is -2.46. The van der Waals surface area contributed by atoms with Crippen molar-refractivity contribution >= 4 is 17.5 Å². The second kappa shape index (κ2) is 6.52. The lowest BCUT2D eigenvalue weighted by atomic mass is 10.2. The van der Waals surface area contributed by atoms with Crippen molar-refractivity contribution in [2.75, 3.05) is 31.6 Å². The van der Waals surface area contributed by atoms with Crippen LogP contribution in [0.1, 0.15) is 13.3 Å². The molecule has 2 amide bonds. The highest BCUT2D eigenvalue weighted by Gasteiger charge is 2.36. The van der Waals surface area contributed by atoms with Crippen molar-refractivity contribution in [3.05, 3.63) is 30.3 Å². The van der Waals surface area contributed by atoms with E-state index in [9.17, 15) is 9.59 Å². The maximum absolute atomic E-state index is 12.5. The molecule has 108 valence electrons. The summed E-state index contributed by atoms with van der Waals surface area (Å²) in [6, 6.07) is 9.48. The van der Waals surface area contributed by atoms with Crippen LogP contribution in [-0.2, 0) is 9.59 Å². The third kappa shape index (κ3) is 2.99. The minimum atomic E-state index is -0.197. The molecule has 1 heterocycles. The van der Waals surface area contributed by atoms with Crippen molar-refractivity contribution in [3.8, 4) is 0 Å². The molecule has 0 spiro atoms. The van der Waals surface area contributed by atoms with Crippen LogP contribution in [0.4, 0.5) is 5.69 Å². The standard InChI is InChI=1S/C15H21N3O2/c1-3-17(11-14(19)16-2)13-9-10-18(15(13)20)12-7-5-4-6-8-12/h4-8,13H,3,9-11H2,1-2H3,(H,16,19). The van der Waals surface area contributed by atoms with Crippen molar-refractivity contribution in [1.82, 2.24) is 10.2 Å². The highest BCUT2D eigenvalue weighted by Crippen LogP contribution is 2.23. The van der Waals surface area contributed by atoms with Gasteiger partial charge < -0.3 is 10.2 Å². The first kappa shape index (κ1) is 14.5. The maximum atomic E-state index is 12.5. The number of likely N-dealkylation sites (N-methyl/N-ethyl adjacent to an activating group) is 2. The molecule has 0 aromatic heterocycles. The first-order valence-corrected chi connectivity index (χ1v) is 6.98. The molecule has 20 heavy (non-hydrogen) atoms. The summed E-state index contributed by atoms with van der Waals surface area (Å²) in [5, 5.41) is 2.61. The quantitative estimate of drug-likeness (QED) is 0.867. The highest BCUT2D eigenvalue weighted by molar-refractivity contribution is 5.99. The van der Waals surface area contributed by atoms with Gasteiger partial charge in [-0.1, -0.05) is 25.1 Å². The normalized spacial score (nSPS) is 18.6. The number of amides is 2. The molecule has 0 aliphatic carbocycles. The Morgan fingerprint density at radius 1 is 1.40 bits per heavy atom. The third-order valence-corrected chi connectivity index (χ3v) is 3.72. The zero-order chi connectivity index (χ0) is 14.5. The van der Waals surface area contributed by atoms with Crippen LogP contribution in [0.25, 0.3) is 0 Å². The second-order valence-electron chi connectivity index (χ2n) is 4.87. The van der Waals surface area contributed by atoms with Gasteiger partial charge in [0.25, 0.3) is 0 Å². The van der Waals surface area contributed by atoms with E-state index in [1.165, 1.54) is 0 Å². The van der Waals surface area contributed by atoms with Crippen LogP contribution in [0, 0.1) is 0 Å². The predicted molar refractivity (Wildman–Crippen MR) is 78.5 cm³/mol. The molecular formula is C15H21N3O2. The Kier molecular flexibility index (Phi) is 4.74. The Balaban J connectivity index is 2.08. The van der Waals surface area contributed by atoms with Crippen molar-refractivity contribution in [1.29, 1.82) is 0 Å². The summed E-state index contributed by atoms with van der Waals surface area (Å²) >= 11 is 0. The molecule has 0 radical (unpaired) electrons. The van der Waals surface area contributed by atoms with Gasteiger partial charge in [-0.2, -0.15) is 0 Å². The van der Waals surface area contributed by atoms with Crippen LogP contribution in [0.15, 0.2) is 30.3 Å². The van der Waals surface area contributed by atoms with Crippen LogP contribution in [0.5, 0.6) is 0 Å². The van der Waals surface area contributed by atoms with Crippen molar-refractivity contribution in [2.24, 2.45) is 0 Å². The highest BCUT2D eigenvalue weighted by atomic mass is 16.2. The number of para-hydroxylation sites is 1. The molecule has 1 aromatic carbocycles. The summed E-state index contributed by atoms with van der Waals surface area (Å²) in [4.78, 5) is 27.8. The molecule has 0 bridgehead atoms. The Morgan fingerprint density at radius 2 is 2.10 bits per heavy atom. The average Bonchev–Trinajstić information content (AvgIpc) is 2.87. The zero-order valence-electron chi connectivity index (χ0n) is 12.0. The van der Waals surface area contributed by atoms with E-state index in [0.29, 0.717) is 13.1 Å². The first-order valence-electron chi connectivity index (χ1n) is 6.98. The summed E-state index contributed by atoms with van der Waals surface area (Å²) in [5.74, 6) is 0.0276. The fraction of sp³-hybridized carbons (Fsp3) is 0.467. The first-order chi connectivity index (χ1) is 9.67. The lowest BCUT2D eigenvalue weighted by Gasteiger charge is -2.25. The van der Waals surface area contributed by atoms with E-state index in [1.807, 2.05) is 42.2 Å². The molecule has 0 saturated carbocycles. The van der Waals surface area contributed by atoms with Crippen LogP contribution >= 0.6 is 0 Å². The van der Waals surface area contributed by atoms with E-state index in [-0.39, 0.29) is 24.4 Å². The SMILES string of the molecule is CCN(CC(=O)NC)C1CCN(c2ccccc2)C1=O. The van der Waals surface area contributed by atoms with E-state index in [0.717, 1.165) is 12.1 Å². The molecule has 1 saturated heterocycles. The molecule has 2 rings (SSSR count). The predicted octanol–water partition coefficient (Wildman–Crippen LogP) is 0.860. The van der Waals surface area contributed by atoms with Gasteiger partial charge in [0.1, 0.15) is 0 Å². The number of nitrogens with zero attached hydrogens (tertiary/aromatic N) is 2. The number of benzene rings is 1. The van der Waals surface area contributed by atoms with Crippen LogP contribution in [0.2, 0.25) is 0 Å². The van der Waals surface area contributed by atoms with Crippen LogP contribution < -0.4 is 10.2 Å². The van der Waals surface area contributed by atoms with Gasteiger partial charge >= 0.3 is 0 Å². The fourth-order valence-electron chi connectivity index (χ4n) is 2.57. The van der Waals surface area contributed by atoms with Gasteiger partial charge in [-0.3, -0.25) is 14.5 Å². The van der Waals surface area contributed by atoms with Gasteiger partial charge in [0.15, 0.2) is 0 Å². The minimum Gasteiger partial charge on any atom is -0.358 e. The number of carbonyl (C=O) groups excluding carboxylic acids is 2. The summed E-state index contributed by atoms with van der Waals surface area (Å²) < 4.78 is 0. The Labute approximate surface area is 119 Å². The molecule has 1 fully saturated rings. The Bertz CT molecular complexity index is 475. The molecule has 1 aliphatic rings. The summed E-state index contributed by atoms with van der Waals surface area (Å²) in [5.41, 5.74) is 0.927. The average molecular weight is 275 g/mol. The second-order valence-corrected chi connectivity index (χ2v) is 4.87. The van der Waals surface area contributed by atoms with Gasteiger partial charge in [-0.25, -0.2) is 0 Å². The Morgan fingerprint density at radius 3 is 2.70 bits per heavy atom. The molecule has 5 nitrogen and oxygen atoms in total. The summed E-state index contributed by atoms with van der Waals surface area (Å²) in [6.45, 7) is 3.64. The third-order valence-electron chi connectivity index (χ3n) is 3.72. The number of anilines is 1. The number of rotatable bonds is 5. The topological polar surface area (TPSA) is 52.7 Å². The maximum Gasteiger partial charge on any atom is 0.244 e. The number of hydrogen-bond acceptors (Lipinski definition) is 3. The van der Waals surface area contributed by atoms with Crippen molar-refractivity contribution < 1.29 is 9.59 Å². The number of hydrogen-bond donors (Lipinski definition) is 1. The molecule has 1 aromatic rings. The molecular weight excluding hydrogens is 254 g/mol. The van der Waals surface area contributed by atoms with E-state index in [4.69, 9.17) is 0 Å². The van der Waals surface area contributed by atoms with E-state index in [2.05, 4.69) is 5.32 Å².